The van der Waals surface area contributed by atoms with E-state index in [4.69, 9.17) is 33.0 Å². The van der Waals surface area contributed by atoms with Gasteiger partial charge in [0.2, 0.25) is 0 Å². The Hall–Kier alpha value is -2.28. The molecule has 0 N–H and O–H groups in total. The molecule has 1 unspecified atom stereocenters. The number of carbonyl (C=O) groups excluding carboxylic acids is 1. The number of aliphatic imine (C=N–C) groups is 1. The topological polar surface area (TPSA) is 54.3 Å². The lowest BCUT2D eigenvalue weighted by Crippen LogP contribution is -2.34. The number of fused-ring (bicyclic) bond motifs is 1. The van der Waals surface area contributed by atoms with Gasteiger partial charge in [0, 0.05) is 15.6 Å². The summed E-state index contributed by atoms with van der Waals surface area (Å²) in [4.78, 5) is 17.4. The Morgan fingerprint density at radius 2 is 1.72 bits per heavy atom. The Bertz CT molecular complexity index is 1050. The van der Waals surface area contributed by atoms with Gasteiger partial charge in [-0.1, -0.05) is 47.5 Å². The first-order valence-corrected chi connectivity index (χ1v) is 10.6. The predicted molar refractivity (Wildman–Crippen MR) is 118 cm³/mol. The number of rotatable bonds is 4. The number of ether oxygens (including phenoxy) is 1. The molecule has 0 fully saturated rings. The predicted octanol–water partition coefficient (Wildman–Crippen LogP) is 5.65. The molecule has 1 atom stereocenters. The normalized spacial score (nSPS) is 18.3. The number of carbonyl (C=O) groups is 1. The molecule has 4 rings (SSSR count). The van der Waals surface area contributed by atoms with Gasteiger partial charge in [0.1, 0.15) is 11.1 Å². The highest BCUT2D eigenvalue weighted by Gasteiger charge is 2.40. The molecule has 0 saturated heterocycles. The van der Waals surface area contributed by atoms with Crippen molar-refractivity contribution in [2.75, 3.05) is 6.61 Å². The van der Waals surface area contributed by atoms with E-state index in [0.717, 1.165) is 16.2 Å². The number of esters is 1. The van der Waals surface area contributed by atoms with Crippen molar-refractivity contribution in [2.24, 2.45) is 10.1 Å². The van der Waals surface area contributed by atoms with E-state index in [-0.39, 0.29) is 6.61 Å². The fourth-order valence-electron chi connectivity index (χ4n) is 3.19. The third-order valence-corrected chi connectivity index (χ3v) is 6.00. The van der Waals surface area contributed by atoms with Crippen molar-refractivity contribution in [3.05, 3.63) is 81.0 Å². The van der Waals surface area contributed by atoms with Crippen molar-refractivity contribution in [3.63, 3.8) is 0 Å². The molecule has 29 heavy (non-hydrogen) atoms. The first-order chi connectivity index (χ1) is 14.0. The summed E-state index contributed by atoms with van der Waals surface area (Å²) in [5, 5.41) is 9.34. The number of nitrogens with zero attached hydrogens (tertiary/aromatic N) is 3. The van der Waals surface area contributed by atoms with E-state index in [0.29, 0.717) is 26.5 Å². The number of benzene rings is 2. The quantitative estimate of drug-likeness (QED) is 0.570. The molecule has 2 aromatic rings. The molecule has 0 aromatic heterocycles. The van der Waals surface area contributed by atoms with Crippen molar-refractivity contribution >= 4 is 51.1 Å². The molecule has 2 aliphatic heterocycles. The zero-order valence-corrected chi connectivity index (χ0v) is 18.1. The summed E-state index contributed by atoms with van der Waals surface area (Å²) >= 11 is 13.5. The fourth-order valence-corrected chi connectivity index (χ4v) is 4.42. The number of halogens is 2. The molecular weight excluding hydrogens is 429 g/mol. The van der Waals surface area contributed by atoms with Crippen molar-refractivity contribution in [3.8, 4) is 0 Å². The average molecular weight is 446 g/mol. The number of thioether (sulfide) groups is 1. The van der Waals surface area contributed by atoms with Crippen LogP contribution < -0.4 is 0 Å². The second kappa shape index (κ2) is 8.22. The Kier molecular flexibility index (Phi) is 5.67. The van der Waals surface area contributed by atoms with Gasteiger partial charge in [0.05, 0.1) is 17.9 Å². The zero-order chi connectivity index (χ0) is 20.5. The molecule has 0 saturated carbocycles. The number of amidine groups is 1. The number of hydrazone groups is 1. The third-order valence-electron chi connectivity index (χ3n) is 4.53. The molecule has 0 aliphatic carbocycles. The highest BCUT2D eigenvalue weighted by Crippen LogP contribution is 2.42. The van der Waals surface area contributed by atoms with Gasteiger partial charge in [-0.2, -0.15) is 5.10 Å². The van der Waals surface area contributed by atoms with E-state index in [2.05, 4.69) is 4.99 Å². The zero-order valence-electron chi connectivity index (χ0n) is 15.7. The van der Waals surface area contributed by atoms with E-state index in [1.165, 1.54) is 11.8 Å². The van der Waals surface area contributed by atoms with Crippen LogP contribution in [0.3, 0.4) is 0 Å². The molecule has 2 heterocycles. The summed E-state index contributed by atoms with van der Waals surface area (Å²) in [5.74, 6) is -0.395. The van der Waals surface area contributed by atoms with Gasteiger partial charge < -0.3 is 4.74 Å². The summed E-state index contributed by atoms with van der Waals surface area (Å²) in [6, 6.07) is 14.4. The lowest BCUT2D eigenvalue weighted by Gasteiger charge is -2.31. The number of allylic oxidation sites excluding steroid dienone is 1. The van der Waals surface area contributed by atoms with E-state index < -0.39 is 12.0 Å². The molecule has 0 spiro atoms. The Morgan fingerprint density at radius 3 is 2.34 bits per heavy atom. The van der Waals surface area contributed by atoms with Gasteiger partial charge in [-0.25, -0.2) is 14.8 Å². The Morgan fingerprint density at radius 1 is 1.10 bits per heavy atom. The van der Waals surface area contributed by atoms with Crippen molar-refractivity contribution in [1.82, 2.24) is 5.01 Å². The molecule has 2 aliphatic rings. The van der Waals surface area contributed by atoms with Crippen LogP contribution in [0.1, 0.15) is 31.0 Å². The highest BCUT2D eigenvalue weighted by atomic mass is 35.5. The number of hydrogen-bond donors (Lipinski definition) is 0. The van der Waals surface area contributed by atoms with Crippen molar-refractivity contribution < 1.29 is 9.53 Å². The molecule has 2 aromatic carbocycles. The second-order valence-corrected chi connectivity index (χ2v) is 8.26. The van der Waals surface area contributed by atoms with E-state index in [1.54, 1.807) is 24.1 Å². The van der Waals surface area contributed by atoms with Gasteiger partial charge >= 0.3 is 5.97 Å². The van der Waals surface area contributed by atoms with Crippen molar-refractivity contribution in [1.29, 1.82) is 0 Å². The van der Waals surface area contributed by atoms with Crippen LogP contribution in [0, 0.1) is 0 Å². The van der Waals surface area contributed by atoms with E-state index in [1.807, 2.05) is 43.3 Å². The van der Waals surface area contributed by atoms with Gasteiger partial charge in [0.25, 0.3) is 0 Å². The van der Waals surface area contributed by atoms with Crippen LogP contribution in [0.4, 0.5) is 0 Å². The van der Waals surface area contributed by atoms with Crippen molar-refractivity contribution in [2.45, 2.75) is 19.9 Å². The first kappa shape index (κ1) is 20.0. The Balaban J connectivity index is 1.80. The summed E-state index contributed by atoms with van der Waals surface area (Å²) in [6.07, 6.45) is 0. The summed E-state index contributed by atoms with van der Waals surface area (Å²) < 4.78 is 5.31. The van der Waals surface area contributed by atoms with Crippen LogP contribution in [-0.2, 0) is 9.53 Å². The SMILES string of the molecule is CCOC(=O)C1=C(C)N=C2SC(c3ccc(Cl)cc3)=NN2C1c1ccc(Cl)cc1. The van der Waals surface area contributed by atoms with Gasteiger partial charge in [-0.05, 0) is 55.4 Å². The molecule has 148 valence electrons. The Labute approximate surface area is 183 Å². The van der Waals surface area contributed by atoms with E-state index >= 15 is 0 Å². The first-order valence-electron chi connectivity index (χ1n) is 9.01. The molecule has 0 radical (unpaired) electrons. The van der Waals surface area contributed by atoms with Gasteiger partial charge in [-0.15, -0.1) is 0 Å². The molecule has 0 bridgehead atoms. The second-order valence-electron chi connectivity index (χ2n) is 6.43. The molecule has 5 nitrogen and oxygen atoms in total. The number of hydrogen-bond acceptors (Lipinski definition) is 6. The maximum absolute atomic E-state index is 12.8. The smallest absolute Gasteiger partial charge is 0.338 e. The minimum absolute atomic E-state index is 0.285. The van der Waals surface area contributed by atoms with Crippen LogP contribution in [0.5, 0.6) is 0 Å². The summed E-state index contributed by atoms with van der Waals surface area (Å²) in [6.45, 7) is 3.89. The monoisotopic (exact) mass is 445 g/mol. The minimum atomic E-state index is -0.448. The summed E-state index contributed by atoms with van der Waals surface area (Å²) in [5.41, 5.74) is 2.90. The largest absolute Gasteiger partial charge is 0.463 e. The maximum Gasteiger partial charge on any atom is 0.338 e. The standard InChI is InChI=1S/C21H17Cl2N3O2S/c1-3-28-20(27)17-12(2)24-21-26(18(17)13-4-8-15(22)9-5-13)25-19(29-21)14-6-10-16(23)11-7-14/h4-11,18H,3H2,1-2H3. The third kappa shape index (κ3) is 3.92. The van der Waals surface area contributed by atoms with Crippen LogP contribution in [-0.4, -0.2) is 27.8 Å². The van der Waals surface area contributed by atoms with Crippen LogP contribution in [0.15, 0.2) is 69.9 Å². The minimum Gasteiger partial charge on any atom is -0.463 e. The van der Waals surface area contributed by atoms with Gasteiger partial charge in [0.15, 0.2) is 5.17 Å². The van der Waals surface area contributed by atoms with Crippen LogP contribution in [0.2, 0.25) is 10.0 Å². The van der Waals surface area contributed by atoms with Crippen LogP contribution in [0.25, 0.3) is 0 Å². The molecular formula is C21H17Cl2N3O2S. The van der Waals surface area contributed by atoms with E-state index in [9.17, 15) is 4.79 Å². The molecule has 0 amide bonds. The lowest BCUT2D eigenvalue weighted by atomic mass is 9.96. The highest BCUT2D eigenvalue weighted by molar-refractivity contribution is 8.27. The van der Waals surface area contributed by atoms with Crippen LogP contribution >= 0.6 is 35.0 Å². The summed E-state index contributed by atoms with van der Waals surface area (Å²) in [7, 11) is 0. The lowest BCUT2D eigenvalue weighted by molar-refractivity contribution is -0.139. The fraction of sp³-hybridized carbons (Fsp3) is 0.190. The van der Waals surface area contributed by atoms with Gasteiger partial charge in [-0.3, -0.25) is 0 Å². The molecule has 8 heteroatoms. The maximum atomic E-state index is 12.8. The average Bonchev–Trinajstić information content (AvgIpc) is 3.12.